The molecule has 2 aromatic rings. The molecule has 3 nitrogen and oxygen atoms in total. The fourth-order valence-corrected chi connectivity index (χ4v) is 2.28. The SMILES string of the molecule is c1cc2c(c(-c3cnccn3)c1)CCCOC2. The van der Waals surface area contributed by atoms with Crippen LogP contribution in [0, 0.1) is 0 Å². The molecule has 0 aliphatic carbocycles. The van der Waals surface area contributed by atoms with E-state index in [-0.39, 0.29) is 0 Å². The molecule has 17 heavy (non-hydrogen) atoms. The highest BCUT2D eigenvalue weighted by atomic mass is 16.5. The van der Waals surface area contributed by atoms with Crippen LogP contribution in [0.5, 0.6) is 0 Å². The van der Waals surface area contributed by atoms with Crippen LogP contribution in [0.2, 0.25) is 0 Å². The Hall–Kier alpha value is -1.74. The number of ether oxygens (including phenoxy) is 1. The molecule has 0 radical (unpaired) electrons. The quantitative estimate of drug-likeness (QED) is 0.749. The van der Waals surface area contributed by atoms with Crippen LogP contribution in [-0.2, 0) is 17.8 Å². The molecule has 0 unspecified atom stereocenters. The van der Waals surface area contributed by atoms with Gasteiger partial charge in [0.25, 0.3) is 0 Å². The molecule has 0 saturated heterocycles. The molecular weight excluding hydrogens is 212 g/mol. The standard InChI is InChI=1S/C14H14N2O/c1-3-11-10-17-8-2-5-12(11)13(4-1)14-9-15-6-7-16-14/h1,3-4,6-7,9H,2,5,8,10H2. The molecule has 0 saturated carbocycles. The van der Waals surface area contributed by atoms with E-state index >= 15 is 0 Å². The van der Waals surface area contributed by atoms with Crippen LogP contribution in [0.4, 0.5) is 0 Å². The number of hydrogen-bond acceptors (Lipinski definition) is 3. The van der Waals surface area contributed by atoms with E-state index in [1.54, 1.807) is 12.4 Å². The molecule has 0 bridgehead atoms. The second kappa shape index (κ2) is 4.63. The van der Waals surface area contributed by atoms with Crippen molar-refractivity contribution in [2.75, 3.05) is 6.61 Å². The first-order valence-electron chi connectivity index (χ1n) is 5.90. The predicted octanol–water partition coefficient (Wildman–Crippen LogP) is 2.61. The van der Waals surface area contributed by atoms with Crippen molar-refractivity contribution < 1.29 is 4.74 Å². The molecule has 2 heterocycles. The van der Waals surface area contributed by atoms with Crippen molar-refractivity contribution in [3.05, 3.63) is 47.9 Å². The summed E-state index contributed by atoms with van der Waals surface area (Å²) in [6.45, 7) is 1.55. The monoisotopic (exact) mass is 226 g/mol. The zero-order valence-electron chi connectivity index (χ0n) is 9.60. The minimum absolute atomic E-state index is 0.712. The summed E-state index contributed by atoms with van der Waals surface area (Å²) in [6.07, 6.45) is 7.39. The number of hydrogen-bond donors (Lipinski definition) is 0. The maximum absolute atomic E-state index is 5.58. The number of fused-ring (bicyclic) bond motifs is 1. The fourth-order valence-electron chi connectivity index (χ4n) is 2.28. The Morgan fingerprint density at radius 3 is 3.06 bits per heavy atom. The molecule has 0 N–H and O–H groups in total. The molecule has 1 aromatic heterocycles. The maximum Gasteiger partial charge on any atom is 0.0888 e. The van der Waals surface area contributed by atoms with Gasteiger partial charge in [0.2, 0.25) is 0 Å². The topological polar surface area (TPSA) is 35.0 Å². The Morgan fingerprint density at radius 1 is 1.18 bits per heavy atom. The molecule has 1 aliphatic heterocycles. The van der Waals surface area contributed by atoms with Crippen LogP contribution in [-0.4, -0.2) is 16.6 Å². The van der Waals surface area contributed by atoms with Crippen LogP contribution in [0.1, 0.15) is 17.5 Å². The van der Waals surface area contributed by atoms with Gasteiger partial charge in [-0.2, -0.15) is 0 Å². The van der Waals surface area contributed by atoms with Crippen LogP contribution in [0.15, 0.2) is 36.8 Å². The van der Waals surface area contributed by atoms with Gasteiger partial charge in [0.15, 0.2) is 0 Å². The Balaban J connectivity index is 2.11. The smallest absolute Gasteiger partial charge is 0.0888 e. The van der Waals surface area contributed by atoms with Crippen LogP contribution in [0.25, 0.3) is 11.3 Å². The summed E-state index contributed by atoms with van der Waals surface area (Å²) < 4.78 is 5.58. The van der Waals surface area contributed by atoms with Gasteiger partial charge >= 0.3 is 0 Å². The zero-order valence-corrected chi connectivity index (χ0v) is 9.60. The van der Waals surface area contributed by atoms with Crippen LogP contribution in [0.3, 0.4) is 0 Å². The van der Waals surface area contributed by atoms with Gasteiger partial charge in [-0.15, -0.1) is 0 Å². The summed E-state index contributed by atoms with van der Waals surface area (Å²) in [5.74, 6) is 0. The molecule has 1 aliphatic rings. The first-order chi connectivity index (χ1) is 8.45. The third kappa shape index (κ3) is 2.06. The van der Waals surface area contributed by atoms with Crippen LogP contribution < -0.4 is 0 Å². The lowest BCUT2D eigenvalue weighted by molar-refractivity contribution is 0.125. The van der Waals surface area contributed by atoms with Gasteiger partial charge in [-0.3, -0.25) is 9.97 Å². The second-order valence-corrected chi connectivity index (χ2v) is 4.19. The van der Waals surface area contributed by atoms with Gasteiger partial charge in [0, 0.05) is 24.6 Å². The van der Waals surface area contributed by atoms with Crippen molar-refractivity contribution in [2.45, 2.75) is 19.4 Å². The lowest BCUT2D eigenvalue weighted by Crippen LogP contribution is -1.96. The molecule has 1 aromatic carbocycles. The summed E-state index contributed by atoms with van der Waals surface area (Å²) in [5.41, 5.74) is 4.79. The van der Waals surface area contributed by atoms with Crippen molar-refractivity contribution >= 4 is 0 Å². The first kappa shape index (κ1) is 10.4. The second-order valence-electron chi connectivity index (χ2n) is 4.19. The molecule has 3 rings (SSSR count). The predicted molar refractivity (Wildman–Crippen MR) is 65.4 cm³/mol. The van der Waals surface area contributed by atoms with E-state index in [1.807, 2.05) is 6.20 Å². The van der Waals surface area contributed by atoms with Crippen LogP contribution >= 0.6 is 0 Å². The summed E-state index contributed by atoms with van der Waals surface area (Å²) in [6, 6.07) is 6.33. The molecule has 0 spiro atoms. The average Bonchev–Trinajstić information content (AvgIpc) is 2.64. The van der Waals surface area contributed by atoms with Crippen molar-refractivity contribution in [3.63, 3.8) is 0 Å². The van der Waals surface area contributed by atoms with E-state index < -0.39 is 0 Å². The lowest BCUT2D eigenvalue weighted by atomic mass is 9.96. The Bertz CT molecular complexity index is 511. The Morgan fingerprint density at radius 2 is 2.18 bits per heavy atom. The Kier molecular flexibility index (Phi) is 2.84. The highest BCUT2D eigenvalue weighted by Gasteiger charge is 2.13. The van der Waals surface area contributed by atoms with E-state index in [2.05, 4.69) is 28.2 Å². The minimum atomic E-state index is 0.712. The summed E-state index contributed by atoms with van der Waals surface area (Å²) in [7, 11) is 0. The third-order valence-electron chi connectivity index (χ3n) is 3.09. The number of benzene rings is 1. The summed E-state index contributed by atoms with van der Waals surface area (Å²) in [4.78, 5) is 8.52. The largest absolute Gasteiger partial charge is 0.377 e. The molecule has 0 amide bonds. The highest BCUT2D eigenvalue weighted by Crippen LogP contribution is 2.27. The normalized spacial score (nSPS) is 15.1. The van der Waals surface area contributed by atoms with E-state index in [1.165, 1.54) is 16.7 Å². The highest BCUT2D eigenvalue weighted by molar-refractivity contribution is 5.64. The molecular formula is C14H14N2O. The third-order valence-corrected chi connectivity index (χ3v) is 3.09. The van der Waals surface area contributed by atoms with Gasteiger partial charge in [0.1, 0.15) is 0 Å². The molecule has 86 valence electrons. The van der Waals surface area contributed by atoms with E-state index in [0.717, 1.165) is 25.1 Å². The lowest BCUT2D eigenvalue weighted by Gasteiger charge is -2.10. The number of rotatable bonds is 1. The zero-order chi connectivity index (χ0) is 11.5. The molecule has 0 fully saturated rings. The minimum Gasteiger partial charge on any atom is -0.377 e. The molecule has 0 atom stereocenters. The van der Waals surface area contributed by atoms with Crippen molar-refractivity contribution in [1.29, 1.82) is 0 Å². The maximum atomic E-state index is 5.58. The first-order valence-corrected chi connectivity index (χ1v) is 5.90. The number of aromatic nitrogens is 2. The number of nitrogens with zero attached hydrogens (tertiary/aromatic N) is 2. The molecule has 3 heteroatoms. The van der Waals surface area contributed by atoms with E-state index in [4.69, 9.17) is 4.74 Å². The summed E-state index contributed by atoms with van der Waals surface area (Å²) in [5, 5.41) is 0. The van der Waals surface area contributed by atoms with Crippen molar-refractivity contribution in [2.24, 2.45) is 0 Å². The van der Waals surface area contributed by atoms with Gasteiger partial charge in [-0.1, -0.05) is 18.2 Å². The van der Waals surface area contributed by atoms with Gasteiger partial charge < -0.3 is 4.74 Å². The van der Waals surface area contributed by atoms with Gasteiger partial charge in [-0.25, -0.2) is 0 Å². The average molecular weight is 226 g/mol. The van der Waals surface area contributed by atoms with Gasteiger partial charge in [0.05, 0.1) is 18.5 Å². The summed E-state index contributed by atoms with van der Waals surface area (Å²) >= 11 is 0. The van der Waals surface area contributed by atoms with Gasteiger partial charge in [-0.05, 0) is 24.0 Å². The van der Waals surface area contributed by atoms with E-state index in [9.17, 15) is 0 Å². The van der Waals surface area contributed by atoms with Crippen molar-refractivity contribution in [3.8, 4) is 11.3 Å². The fraction of sp³-hybridized carbons (Fsp3) is 0.286. The van der Waals surface area contributed by atoms with E-state index in [0.29, 0.717) is 6.61 Å². The Labute approximate surface area is 100 Å². The van der Waals surface area contributed by atoms with Crippen molar-refractivity contribution in [1.82, 2.24) is 9.97 Å².